The lowest BCUT2D eigenvalue weighted by atomic mass is 9.69. The number of hydrogen-bond acceptors (Lipinski definition) is 4. The topological polar surface area (TPSA) is 109 Å². The van der Waals surface area contributed by atoms with E-state index in [4.69, 9.17) is 0 Å². The van der Waals surface area contributed by atoms with Crippen LogP contribution < -0.4 is 0 Å². The first-order chi connectivity index (χ1) is 12.6. The van der Waals surface area contributed by atoms with Crippen LogP contribution in [0.1, 0.15) is 33.1 Å². The van der Waals surface area contributed by atoms with Gasteiger partial charge in [0.15, 0.2) is 0 Å². The largest absolute Gasteiger partial charge is 0.481 e. The van der Waals surface area contributed by atoms with Crippen molar-refractivity contribution in [3.63, 3.8) is 0 Å². The molecule has 0 aromatic heterocycles. The van der Waals surface area contributed by atoms with Gasteiger partial charge in [0.25, 0.3) is 0 Å². The molecule has 2 saturated carbocycles. The molecule has 6 nitrogen and oxygen atoms in total. The number of carboxylic acid groups (broad SMARTS) is 2. The van der Waals surface area contributed by atoms with E-state index in [1.165, 1.54) is 0 Å². The fourth-order valence-electron chi connectivity index (χ4n) is 6.40. The first-order valence-corrected chi connectivity index (χ1v) is 9.47. The number of carbonyl (C=O) groups excluding carboxylic acids is 2. The van der Waals surface area contributed by atoms with Gasteiger partial charge in [-0.2, -0.15) is 0 Å². The Bertz CT molecular complexity index is 809. The lowest BCUT2D eigenvalue weighted by molar-refractivity contribution is -0.151. The van der Waals surface area contributed by atoms with E-state index < -0.39 is 46.4 Å². The van der Waals surface area contributed by atoms with E-state index in [1.807, 2.05) is 38.2 Å². The minimum atomic E-state index is -1.01. The smallest absolute Gasteiger partial charge is 0.308 e. The Morgan fingerprint density at radius 3 is 1.85 bits per heavy atom. The summed E-state index contributed by atoms with van der Waals surface area (Å²) in [6.07, 6.45) is 8.40. The number of fused-ring (bicyclic) bond motifs is 4. The van der Waals surface area contributed by atoms with Gasteiger partial charge in [0.2, 0.25) is 0 Å². The Labute approximate surface area is 157 Å². The molecule has 0 aromatic rings. The van der Waals surface area contributed by atoms with Gasteiger partial charge in [0, 0.05) is 11.8 Å². The lowest BCUT2D eigenvalue weighted by Gasteiger charge is -2.32. The molecule has 2 fully saturated rings. The van der Waals surface area contributed by atoms with E-state index in [1.54, 1.807) is 0 Å². The maximum atomic E-state index is 13.0. The Balaban J connectivity index is 1.56. The summed E-state index contributed by atoms with van der Waals surface area (Å²) in [6.45, 7) is 3.72. The van der Waals surface area contributed by atoms with Gasteiger partial charge in [-0.05, 0) is 35.5 Å². The number of aliphatic carboxylic acids is 2. The third-order valence-corrected chi connectivity index (χ3v) is 7.48. The predicted molar refractivity (Wildman–Crippen MR) is 94.6 cm³/mol. The van der Waals surface area contributed by atoms with E-state index >= 15 is 0 Å². The molecule has 0 radical (unpaired) electrons. The molecule has 4 rings (SSSR count). The van der Waals surface area contributed by atoms with Crippen LogP contribution in [0.2, 0.25) is 0 Å². The Hall–Kier alpha value is -2.24. The van der Waals surface area contributed by atoms with Crippen LogP contribution in [-0.4, -0.2) is 33.7 Å². The van der Waals surface area contributed by atoms with Crippen molar-refractivity contribution in [3.8, 4) is 0 Å². The number of carboxylic acids is 2. The van der Waals surface area contributed by atoms with Crippen molar-refractivity contribution in [3.05, 3.63) is 24.3 Å². The van der Waals surface area contributed by atoms with E-state index in [-0.39, 0.29) is 29.8 Å². The maximum Gasteiger partial charge on any atom is 0.308 e. The third kappa shape index (κ3) is 2.45. The summed E-state index contributed by atoms with van der Waals surface area (Å²) in [4.78, 5) is 49.5. The standard InChI is InChI=1S/C21H24O6/c1-20-5-4-11(9-20)15(18(24)25)16(20)13(23)7-12(22)14-10-3-6-21(2,8-10)17(14)19(26)27/h3-6,10-11,14-17H,7-9H2,1-2H3,(H,24,25)(H,26,27). The molecule has 0 amide bonds. The van der Waals surface area contributed by atoms with Crippen LogP contribution in [0, 0.1) is 46.3 Å². The third-order valence-electron chi connectivity index (χ3n) is 7.48. The minimum absolute atomic E-state index is 0.151. The van der Waals surface area contributed by atoms with Gasteiger partial charge in [-0.1, -0.05) is 38.2 Å². The fourth-order valence-corrected chi connectivity index (χ4v) is 6.40. The number of ketones is 2. The second kappa shape index (κ2) is 5.63. The number of rotatable bonds is 6. The second-order valence-corrected chi connectivity index (χ2v) is 9.26. The predicted octanol–water partition coefficient (Wildman–Crippen LogP) is 2.34. The molecule has 0 saturated heterocycles. The highest BCUT2D eigenvalue weighted by Crippen LogP contribution is 2.59. The van der Waals surface area contributed by atoms with Crippen molar-refractivity contribution in [1.29, 1.82) is 0 Å². The van der Waals surface area contributed by atoms with Crippen molar-refractivity contribution in [2.75, 3.05) is 0 Å². The maximum absolute atomic E-state index is 13.0. The molecular formula is C21H24O6. The highest BCUT2D eigenvalue weighted by atomic mass is 16.4. The van der Waals surface area contributed by atoms with Crippen LogP contribution in [0.4, 0.5) is 0 Å². The van der Waals surface area contributed by atoms with Crippen molar-refractivity contribution in [2.45, 2.75) is 33.1 Å². The molecular weight excluding hydrogens is 348 g/mol. The summed E-state index contributed by atoms with van der Waals surface area (Å²) < 4.78 is 0. The van der Waals surface area contributed by atoms with Gasteiger partial charge in [-0.3, -0.25) is 19.2 Å². The molecule has 0 heterocycles. The Kier molecular flexibility index (Phi) is 3.78. The van der Waals surface area contributed by atoms with E-state index in [0.717, 1.165) is 0 Å². The van der Waals surface area contributed by atoms with Crippen molar-refractivity contribution < 1.29 is 29.4 Å². The minimum Gasteiger partial charge on any atom is -0.481 e. The summed E-state index contributed by atoms with van der Waals surface area (Å²) in [5, 5.41) is 19.2. The van der Waals surface area contributed by atoms with Crippen molar-refractivity contribution in [1.82, 2.24) is 0 Å². The Morgan fingerprint density at radius 1 is 0.815 bits per heavy atom. The molecule has 4 bridgehead atoms. The number of allylic oxidation sites excluding steroid dienone is 4. The van der Waals surface area contributed by atoms with Gasteiger partial charge >= 0.3 is 11.9 Å². The SMILES string of the molecule is CC12C=CC(C1)C(C(=O)CC(=O)C1C(C(=O)O)C3C=CC1(C)C3)C2C(=O)O. The van der Waals surface area contributed by atoms with Crippen LogP contribution in [-0.2, 0) is 19.2 Å². The van der Waals surface area contributed by atoms with Crippen LogP contribution >= 0.6 is 0 Å². The van der Waals surface area contributed by atoms with E-state index in [9.17, 15) is 29.4 Å². The van der Waals surface area contributed by atoms with Crippen LogP contribution in [0.5, 0.6) is 0 Å². The molecule has 27 heavy (non-hydrogen) atoms. The van der Waals surface area contributed by atoms with E-state index in [0.29, 0.717) is 12.8 Å². The first-order valence-electron chi connectivity index (χ1n) is 9.47. The average molecular weight is 372 g/mol. The van der Waals surface area contributed by atoms with Crippen LogP contribution in [0.15, 0.2) is 24.3 Å². The summed E-state index contributed by atoms with van der Waals surface area (Å²) in [6, 6.07) is 0. The molecule has 0 spiro atoms. The van der Waals surface area contributed by atoms with E-state index in [2.05, 4.69) is 0 Å². The number of hydrogen-bond donors (Lipinski definition) is 2. The molecule has 4 aliphatic carbocycles. The monoisotopic (exact) mass is 372 g/mol. The van der Waals surface area contributed by atoms with Gasteiger partial charge in [-0.15, -0.1) is 0 Å². The summed E-state index contributed by atoms with van der Waals surface area (Å²) in [5.41, 5.74) is -1.08. The summed E-state index contributed by atoms with van der Waals surface area (Å²) in [5.74, 6) is -6.09. The van der Waals surface area contributed by atoms with Gasteiger partial charge in [0.05, 0.1) is 18.3 Å². The quantitative estimate of drug-likeness (QED) is 0.547. The van der Waals surface area contributed by atoms with Crippen molar-refractivity contribution >= 4 is 23.5 Å². The van der Waals surface area contributed by atoms with Gasteiger partial charge < -0.3 is 10.2 Å². The van der Waals surface area contributed by atoms with Gasteiger partial charge in [0.1, 0.15) is 11.6 Å². The summed E-state index contributed by atoms with van der Waals surface area (Å²) in [7, 11) is 0. The molecule has 0 aliphatic heterocycles. The highest BCUT2D eigenvalue weighted by Gasteiger charge is 2.60. The normalized spacial score (nSPS) is 46.1. The molecule has 8 atom stereocenters. The Morgan fingerprint density at radius 2 is 1.33 bits per heavy atom. The number of Topliss-reactive ketones (excluding diaryl/α,β-unsaturated/α-hetero) is 2. The molecule has 8 unspecified atom stereocenters. The molecule has 144 valence electrons. The molecule has 6 heteroatoms. The van der Waals surface area contributed by atoms with Crippen LogP contribution in [0.3, 0.4) is 0 Å². The van der Waals surface area contributed by atoms with Crippen LogP contribution in [0.25, 0.3) is 0 Å². The number of carbonyl (C=O) groups is 4. The van der Waals surface area contributed by atoms with Gasteiger partial charge in [-0.25, -0.2) is 0 Å². The highest BCUT2D eigenvalue weighted by molar-refractivity contribution is 6.04. The zero-order valence-corrected chi connectivity index (χ0v) is 15.4. The van der Waals surface area contributed by atoms with Crippen molar-refractivity contribution in [2.24, 2.45) is 46.3 Å². The summed E-state index contributed by atoms with van der Waals surface area (Å²) >= 11 is 0. The zero-order valence-electron chi connectivity index (χ0n) is 15.4. The molecule has 2 N–H and O–H groups in total. The average Bonchev–Trinajstić information content (AvgIpc) is 3.27. The lowest BCUT2D eigenvalue weighted by Crippen LogP contribution is -2.41. The molecule has 0 aromatic carbocycles. The molecule has 4 aliphatic rings. The fraction of sp³-hybridized carbons (Fsp3) is 0.619. The zero-order chi connectivity index (χ0) is 19.7. The second-order valence-electron chi connectivity index (χ2n) is 9.26. The first kappa shape index (κ1) is 18.1.